The molecule has 1 atom stereocenters. The van der Waals surface area contributed by atoms with Crippen molar-refractivity contribution in [1.29, 1.82) is 0 Å². The molecule has 156 valence electrons. The lowest BCUT2D eigenvalue weighted by Gasteiger charge is -2.44. The topological polar surface area (TPSA) is 67.2 Å². The van der Waals surface area contributed by atoms with Crippen molar-refractivity contribution in [3.63, 3.8) is 0 Å². The van der Waals surface area contributed by atoms with Crippen molar-refractivity contribution < 1.29 is 9.59 Å². The van der Waals surface area contributed by atoms with Gasteiger partial charge in [0.1, 0.15) is 11.2 Å². The van der Waals surface area contributed by atoms with E-state index in [0.717, 1.165) is 22.9 Å². The van der Waals surface area contributed by atoms with E-state index in [4.69, 9.17) is 0 Å². The second kappa shape index (κ2) is 7.94. The van der Waals surface area contributed by atoms with E-state index in [-0.39, 0.29) is 11.8 Å². The summed E-state index contributed by atoms with van der Waals surface area (Å²) in [5.41, 5.74) is 1.49. The second-order valence-corrected chi connectivity index (χ2v) is 8.64. The number of nitrogens with zero attached hydrogens (tertiary/aromatic N) is 3. The molecule has 0 bridgehead atoms. The maximum absolute atomic E-state index is 13.6. The van der Waals surface area contributed by atoms with Gasteiger partial charge >= 0.3 is 0 Å². The first-order chi connectivity index (χ1) is 14.4. The fourth-order valence-corrected chi connectivity index (χ4v) is 4.09. The highest BCUT2D eigenvalue weighted by molar-refractivity contribution is 6.03. The Bertz CT molecular complexity index is 1070. The first kappa shape index (κ1) is 20.1. The molecule has 1 N–H and O–H groups in total. The molecule has 6 nitrogen and oxygen atoms in total. The SMILES string of the molecule is CC(C)CCNC(=O)[C@@]1(C)Cn2c(cc3ccccc32)C(=O)N1Cc1cccnc1. The van der Waals surface area contributed by atoms with Crippen LogP contribution in [0.25, 0.3) is 10.9 Å². The first-order valence-corrected chi connectivity index (χ1v) is 10.5. The molecule has 3 heterocycles. The normalized spacial score (nSPS) is 18.7. The van der Waals surface area contributed by atoms with Crippen LogP contribution < -0.4 is 5.32 Å². The molecule has 0 aliphatic carbocycles. The monoisotopic (exact) mass is 404 g/mol. The Kier molecular flexibility index (Phi) is 5.33. The van der Waals surface area contributed by atoms with Gasteiger partial charge in [0.2, 0.25) is 5.91 Å². The van der Waals surface area contributed by atoms with E-state index in [1.165, 1.54) is 0 Å². The number of hydrogen-bond donors (Lipinski definition) is 1. The predicted octanol–water partition coefficient (Wildman–Crippen LogP) is 3.61. The summed E-state index contributed by atoms with van der Waals surface area (Å²) in [6, 6.07) is 13.6. The number of para-hydroxylation sites is 1. The summed E-state index contributed by atoms with van der Waals surface area (Å²) < 4.78 is 1.99. The average molecular weight is 405 g/mol. The van der Waals surface area contributed by atoms with Crippen LogP contribution in [-0.2, 0) is 17.9 Å². The Morgan fingerprint density at radius 1 is 1.23 bits per heavy atom. The summed E-state index contributed by atoms with van der Waals surface area (Å²) in [7, 11) is 0. The maximum atomic E-state index is 13.6. The molecular formula is C24H28N4O2. The molecule has 0 spiro atoms. The number of benzene rings is 1. The first-order valence-electron chi connectivity index (χ1n) is 10.5. The Morgan fingerprint density at radius 3 is 2.77 bits per heavy atom. The van der Waals surface area contributed by atoms with Gasteiger partial charge in [0, 0.05) is 36.4 Å². The molecule has 0 unspecified atom stereocenters. The number of hydrogen-bond acceptors (Lipinski definition) is 3. The van der Waals surface area contributed by atoms with Crippen molar-refractivity contribution in [2.45, 2.75) is 45.8 Å². The number of carbonyl (C=O) groups is 2. The Balaban J connectivity index is 1.74. The third-order valence-corrected chi connectivity index (χ3v) is 5.90. The standard InChI is InChI=1S/C24H28N4O2/c1-17(2)10-12-26-23(30)24(3)16-27-20-9-5-4-8-19(20)13-21(27)22(29)28(24)15-18-7-6-11-25-14-18/h4-9,11,13-14,17H,10,12,15-16H2,1-3H3,(H,26,30)/t24-/m1/s1. The van der Waals surface area contributed by atoms with Crippen molar-refractivity contribution in [2.24, 2.45) is 5.92 Å². The van der Waals surface area contributed by atoms with E-state index in [9.17, 15) is 9.59 Å². The van der Waals surface area contributed by atoms with Gasteiger partial charge in [-0.2, -0.15) is 0 Å². The van der Waals surface area contributed by atoms with Crippen LogP contribution in [0.2, 0.25) is 0 Å². The average Bonchev–Trinajstić information content (AvgIpc) is 3.10. The molecule has 1 aromatic carbocycles. The third kappa shape index (κ3) is 3.58. The minimum Gasteiger partial charge on any atom is -0.354 e. The Labute approximate surface area is 176 Å². The minimum atomic E-state index is -1.00. The Hall–Kier alpha value is -3.15. The highest BCUT2D eigenvalue weighted by Gasteiger charge is 2.47. The van der Waals surface area contributed by atoms with E-state index >= 15 is 0 Å². The van der Waals surface area contributed by atoms with Crippen molar-refractivity contribution >= 4 is 22.7 Å². The van der Waals surface area contributed by atoms with Crippen LogP contribution in [0, 0.1) is 5.92 Å². The van der Waals surface area contributed by atoms with Crippen LogP contribution in [0.3, 0.4) is 0 Å². The zero-order chi connectivity index (χ0) is 21.3. The number of amides is 2. The lowest BCUT2D eigenvalue weighted by atomic mass is 9.93. The summed E-state index contributed by atoms with van der Waals surface area (Å²) in [5, 5.41) is 4.08. The molecule has 30 heavy (non-hydrogen) atoms. The number of fused-ring (bicyclic) bond motifs is 3. The largest absolute Gasteiger partial charge is 0.354 e. The van der Waals surface area contributed by atoms with Gasteiger partial charge in [0.25, 0.3) is 5.91 Å². The van der Waals surface area contributed by atoms with Crippen LogP contribution in [-0.4, -0.2) is 38.3 Å². The molecule has 1 aliphatic rings. The van der Waals surface area contributed by atoms with Crippen molar-refractivity contribution in [3.8, 4) is 0 Å². The summed E-state index contributed by atoms with van der Waals surface area (Å²) in [6.07, 6.45) is 4.35. The van der Waals surface area contributed by atoms with Gasteiger partial charge in [0.15, 0.2) is 0 Å². The van der Waals surface area contributed by atoms with Gasteiger partial charge in [0.05, 0.1) is 6.54 Å². The van der Waals surface area contributed by atoms with Crippen LogP contribution in [0.4, 0.5) is 0 Å². The van der Waals surface area contributed by atoms with Gasteiger partial charge < -0.3 is 14.8 Å². The quantitative estimate of drug-likeness (QED) is 0.682. The van der Waals surface area contributed by atoms with Gasteiger partial charge in [-0.3, -0.25) is 14.6 Å². The molecule has 4 rings (SSSR count). The number of nitrogens with one attached hydrogen (secondary N) is 1. The number of rotatable bonds is 6. The van der Waals surface area contributed by atoms with Gasteiger partial charge in [-0.15, -0.1) is 0 Å². The van der Waals surface area contributed by atoms with Crippen molar-refractivity contribution in [2.75, 3.05) is 6.54 Å². The summed E-state index contributed by atoms with van der Waals surface area (Å²) >= 11 is 0. The van der Waals surface area contributed by atoms with Crippen molar-refractivity contribution in [3.05, 3.63) is 66.1 Å². The molecule has 0 saturated carbocycles. The number of carbonyl (C=O) groups excluding carboxylic acids is 2. The van der Waals surface area contributed by atoms with Crippen LogP contribution in [0.1, 0.15) is 43.2 Å². The van der Waals surface area contributed by atoms with Crippen LogP contribution in [0.15, 0.2) is 54.9 Å². The van der Waals surface area contributed by atoms with E-state index in [2.05, 4.69) is 24.1 Å². The second-order valence-electron chi connectivity index (χ2n) is 8.64. The van der Waals surface area contributed by atoms with E-state index < -0.39 is 5.54 Å². The Morgan fingerprint density at radius 2 is 2.03 bits per heavy atom. The highest BCUT2D eigenvalue weighted by atomic mass is 16.2. The molecule has 0 radical (unpaired) electrons. The van der Waals surface area contributed by atoms with E-state index in [1.807, 2.05) is 54.0 Å². The fraction of sp³-hybridized carbons (Fsp3) is 0.375. The molecular weight excluding hydrogens is 376 g/mol. The van der Waals surface area contributed by atoms with E-state index in [0.29, 0.717) is 31.2 Å². The van der Waals surface area contributed by atoms with Gasteiger partial charge in [-0.05, 0) is 43.0 Å². The highest BCUT2D eigenvalue weighted by Crippen LogP contribution is 2.33. The molecule has 2 aromatic heterocycles. The summed E-state index contributed by atoms with van der Waals surface area (Å²) in [4.78, 5) is 32.8. The smallest absolute Gasteiger partial charge is 0.271 e. The van der Waals surface area contributed by atoms with Gasteiger partial charge in [-0.1, -0.05) is 38.1 Å². The maximum Gasteiger partial charge on any atom is 0.271 e. The molecule has 0 saturated heterocycles. The molecule has 1 aliphatic heterocycles. The lowest BCUT2D eigenvalue weighted by molar-refractivity contribution is -0.133. The number of pyridine rings is 1. The molecule has 2 amide bonds. The fourth-order valence-electron chi connectivity index (χ4n) is 4.09. The molecule has 6 heteroatoms. The molecule has 3 aromatic rings. The minimum absolute atomic E-state index is 0.121. The zero-order valence-electron chi connectivity index (χ0n) is 17.8. The van der Waals surface area contributed by atoms with Crippen LogP contribution in [0.5, 0.6) is 0 Å². The summed E-state index contributed by atoms with van der Waals surface area (Å²) in [6.45, 7) is 7.47. The number of aromatic nitrogens is 2. The zero-order valence-corrected chi connectivity index (χ0v) is 17.8. The predicted molar refractivity (Wildman–Crippen MR) is 117 cm³/mol. The summed E-state index contributed by atoms with van der Waals surface area (Å²) in [5.74, 6) is 0.240. The van der Waals surface area contributed by atoms with Crippen molar-refractivity contribution in [1.82, 2.24) is 19.8 Å². The third-order valence-electron chi connectivity index (χ3n) is 5.90. The molecule has 0 fully saturated rings. The lowest BCUT2D eigenvalue weighted by Crippen LogP contribution is -2.63. The van der Waals surface area contributed by atoms with Crippen LogP contribution >= 0.6 is 0 Å². The van der Waals surface area contributed by atoms with Gasteiger partial charge in [-0.25, -0.2) is 0 Å². The van der Waals surface area contributed by atoms with E-state index in [1.54, 1.807) is 17.3 Å².